The molecule has 1 N–H and O–H groups in total. The molecule has 4 aromatic rings. The molecule has 0 amide bonds. The van der Waals surface area contributed by atoms with Crippen LogP contribution in [0.1, 0.15) is 24.8 Å². The van der Waals surface area contributed by atoms with Crippen LogP contribution in [0.15, 0.2) is 64.2 Å². The van der Waals surface area contributed by atoms with Gasteiger partial charge in [-0.3, -0.25) is 4.79 Å². The fourth-order valence-electron chi connectivity index (χ4n) is 4.70. The Bertz CT molecular complexity index is 1370. The summed E-state index contributed by atoms with van der Waals surface area (Å²) in [5.41, 5.74) is 1.82. The first kappa shape index (κ1) is 20.6. The molecule has 9 heteroatoms. The molecule has 2 aliphatic rings. The van der Waals surface area contributed by atoms with Gasteiger partial charge in [0.2, 0.25) is 11.4 Å². The molecule has 1 saturated heterocycles. The van der Waals surface area contributed by atoms with E-state index in [9.17, 15) is 9.18 Å². The maximum Gasteiger partial charge on any atom is 0.259 e. The summed E-state index contributed by atoms with van der Waals surface area (Å²) >= 11 is 0. The number of ether oxygens (including phenoxy) is 1. The Balaban J connectivity index is 1.13. The molecule has 0 saturated carbocycles. The molecular formula is C25H22FN5O3. The zero-order chi connectivity index (χ0) is 23.1. The number of piperidine rings is 1. The first-order chi connectivity index (χ1) is 16.6. The molecule has 3 aromatic heterocycles. The molecule has 1 aromatic carbocycles. The van der Waals surface area contributed by atoms with E-state index in [0.717, 1.165) is 55.7 Å². The van der Waals surface area contributed by atoms with Crippen molar-refractivity contribution in [3.05, 3.63) is 76.6 Å². The van der Waals surface area contributed by atoms with Gasteiger partial charge in [0, 0.05) is 50.0 Å². The highest BCUT2D eigenvalue weighted by molar-refractivity contribution is 5.60. The summed E-state index contributed by atoms with van der Waals surface area (Å²) in [5, 5.41) is 4.03. The molecule has 0 bridgehead atoms. The quantitative estimate of drug-likeness (QED) is 0.495. The van der Waals surface area contributed by atoms with Crippen LogP contribution in [0, 0.1) is 5.82 Å². The number of hydrogen-bond acceptors (Lipinski definition) is 7. The third kappa shape index (κ3) is 3.72. The van der Waals surface area contributed by atoms with Crippen molar-refractivity contribution in [2.45, 2.75) is 31.3 Å². The Morgan fingerprint density at radius 1 is 1.03 bits per heavy atom. The maximum atomic E-state index is 14.3. The monoisotopic (exact) mass is 459 g/mol. The van der Waals surface area contributed by atoms with E-state index in [-0.39, 0.29) is 17.0 Å². The predicted molar refractivity (Wildman–Crippen MR) is 123 cm³/mol. The largest absolute Gasteiger partial charge is 0.484 e. The second-order valence-electron chi connectivity index (χ2n) is 8.77. The highest BCUT2D eigenvalue weighted by Gasteiger charge is 2.40. The van der Waals surface area contributed by atoms with Crippen LogP contribution in [-0.2, 0) is 6.42 Å². The highest BCUT2D eigenvalue weighted by Crippen LogP contribution is 2.41. The maximum absolute atomic E-state index is 14.3. The van der Waals surface area contributed by atoms with Crippen molar-refractivity contribution in [3.8, 4) is 28.6 Å². The third-order valence-corrected chi connectivity index (χ3v) is 6.68. The topological polar surface area (TPSA) is 97.1 Å². The van der Waals surface area contributed by atoms with Crippen molar-refractivity contribution in [1.82, 2.24) is 20.1 Å². The fraction of sp³-hybridized carbons (Fsp3) is 0.280. The van der Waals surface area contributed by atoms with E-state index < -0.39 is 0 Å². The van der Waals surface area contributed by atoms with Crippen molar-refractivity contribution in [1.29, 1.82) is 0 Å². The summed E-state index contributed by atoms with van der Waals surface area (Å²) in [6.45, 7) is 1.57. The van der Waals surface area contributed by atoms with Crippen LogP contribution in [0.2, 0.25) is 0 Å². The summed E-state index contributed by atoms with van der Waals surface area (Å²) in [7, 11) is 0. The second-order valence-corrected chi connectivity index (χ2v) is 8.77. The number of aryl methyl sites for hydroxylation is 1. The lowest BCUT2D eigenvalue weighted by molar-refractivity contribution is 0.0184. The molecule has 5 heterocycles. The number of aromatic amines is 1. The van der Waals surface area contributed by atoms with Gasteiger partial charge in [-0.1, -0.05) is 17.3 Å². The molecule has 8 nitrogen and oxygen atoms in total. The van der Waals surface area contributed by atoms with E-state index in [1.54, 1.807) is 18.3 Å². The minimum absolute atomic E-state index is 0.195. The molecule has 6 rings (SSSR count). The zero-order valence-corrected chi connectivity index (χ0v) is 18.3. The normalized spacial score (nSPS) is 16.8. The van der Waals surface area contributed by atoms with Crippen LogP contribution in [0.25, 0.3) is 22.8 Å². The van der Waals surface area contributed by atoms with Gasteiger partial charge >= 0.3 is 0 Å². The van der Waals surface area contributed by atoms with Gasteiger partial charge in [0.1, 0.15) is 11.4 Å². The number of fused-ring (bicyclic) bond motifs is 1. The van der Waals surface area contributed by atoms with Crippen molar-refractivity contribution in [3.63, 3.8) is 0 Å². The minimum Gasteiger partial charge on any atom is -0.484 e. The van der Waals surface area contributed by atoms with Crippen LogP contribution in [0.4, 0.5) is 10.2 Å². The predicted octanol–water partition coefficient (Wildman–Crippen LogP) is 3.99. The van der Waals surface area contributed by atoms with Gasteiger partial charge in [-0.2, -0.15) is 4.98 Å². The Kier molecular flexibility index (Phi) is 4.90. The number of pyridine rings is 2. The van der Waals surface area contributed by atoms with Gasteiger partial charge < -0.3 is 19.1 Å². The van der Waals surface area contributed by atoms with Crippen molar-refractivity contribution >= 4 is 5.82 Å². The Hall–Kier alpha value is -4.01. The summed E-state index contributed by atoms with van der Waals surface area (Å²) < 4.78 is 25.8. The van der Waals surface area contributed by atoms with E-state index in [1.807, 2.05) is 18.2 Å². The van der Waals surface area contributed by atoms with Gasteiger partial charge in [0.05, 0.1) is 5.56 Å². The molecule has 0 atom stereocenters. The van der Waals surface area contributed by atoms with Crippen LogP contribution < -0.4 is 15.2 Å². The average molecular weight is 459 g/mol. The Morgan fingerprint density at radius 2 is 1.88 bits per heavy atom. The molecule has 0 aliphatic carbocycles. The number of halogens is 1. The number of nitrogens with one attached hydrogen (secondary N) is 1. The van der Waals surface area contributed by atoms with E-state index in [1.165, 1.54) is 18.3 Å². The van der Waals surface area contributed by atoms with Gasteiger partial charge in [-0.05, 0) is 42.7 Å². The SMILES string of the molecule is O=c1ccc(-c2nc(-c3ccc(N4CCC5(CCc6cccc(F)c6O5)CC4)nc3)no2)c[nH]1. The molecular weight excluding hydrogens is 437 g/mol. The van der Waals surface area contributed by atoms with Gasteiger partial charge in [0.25, 0.3) is 5.89 Å². The van der Waals surface area contributed by atoms with E-state index >= 15 is 0 Å². The number of benzene rings is 1. The fourth-order valence-corrected chi connectivity index (χ4v) is 4.70. The van der Waals surface area contributed by atoms with E-state index in [2.05, 4.69) is 25.0 Å². The number of nitrogens with zero attached hydrogens (tertiary/aromatic N) is 4. The lowest BCUT2D eigenvalue weighted by Crippen LogP contribution is -2.50. The van der Waals surface area contributed by atoms with E-state index in [4.69, 9.17) is 9.26 Å². The molecule has 0 unspecified atom stereocenters. The van der Waals surface area contributed by atoms with Crippen LogP contribution in [-0.4, -0.2) is 38.8 Å². The minimum atomic E-state index is -0.311. The number of aromatic nitrogens is 4. The number of rotatable bonds is 3. The molecule has 172 valence electrons. The van der Waals surface area contributed by atoms with Crippen molar-refractivity contribution in [2.75, 3.05) is 18.0 Å². The van der Waals surface area contributed by atoms with Gasteiger partial charge in [-0.15, -0.1) is 0 Å². The third-order valence-electron chi connectivity index (χ3n) is 6.68. The van der Waals surface area contributed by atoms with Gasteiger partial charge in [-0.25, -0.2) is 9.37 Å². The Morgan fingerprint density at radius 3 is 2.65 bits per heavy atom. The first-order valence-corrected chi connectivity index (χ1v) is 11.3. The summed E-state index contributed by atoms with van der Waals surface area (Å²) in [4.78, 5) is 25.1. The standard InChI is InChI=1S/C25H22FN5O3/c26-19-3-1-2-16-8-9-25(33-22(16)19)10-12-31(13-11-25)20-6-4-17(14-27-20)23-29-24(34-30-23)18-5-7-21(32)28-15-18/h1-7,14-15H,8-13H2,(H,28,32). The summed E-state index contributed by atoms with van der Waals surface area (Å²) in [6, 6.07) is 12.0. The van der Waals surface area contributed by atoms with E-state index in [0.29, 0.717) is 23.0 Å². The lowest BCUT2D eigenvalue weighted by atomic mass is 9.83. The second kappa shape index (κ2) is 8.09. The lowest BCUT2D eigenvalue weighted by Gasteiger charge is -2.45. The number of hydrogen-bond donors (Lipinski definition) is 1. The number of anilines is 1. The summed E-state index contributed by atoms with van der Waals surface area (Å²) in [5.74, 6) is 1.76. The van der Waals surface area contributed by atoms with Crippen LogP contribution in [0.5, 0.6) is 5.75 Å². The number of H-pyrrole nitrogens is 1. The molecule has 1 spiro atoms. The Labute approximate surface area is 194 Å². The molecule has 1 fully saturated rings. The first-order valence-electron chi connectivity index (χ1n) is 11.3. The zero-order valence-electron chi connectivity index (χ0n) is 18.3. The number of para-hydroxylation sites is 1. The highest BCUT2D eigenvalue weighted by atomic mass is 19.1. The molecule has 2 aliphatic heterocycles. The smallest absolute Gasteiger partial charge is 0.259 e. The summed E-state index contributed by atoms with van der Waals surface area (Å²) in [6.07, 6.45) is 6.64. The van der Waals surface area contributed by atoms with Crippen LogP contribution in [0.3, 0.4) is 0 Å². The van der Waals surface area contributed by atoms with Crippen molar-refractivity contribution in [2.24, 2.45) is 0 Å². The van der Waals surface area contributed by atoms with Gasteiger partial charge in [0.15, 0.2) is 11.6 Å². The van der Waals surface area contributed by atoms with Crippen LogP contribution >= 0.6 is 0 Å². The average Bonchev–Trinajstić information content (AvgIpc) is 3.36. The van der Waals surface area contributed by atoms with Crippen molar-refractivity contribution < 1.29 is 13.7 Å². The molecule has 0 radical (unpaired) electrons. The molecule has 34 heavy (non-hydrogen) atoms.